The summed E-state index contributed by atoms with van der Waals surface area (Å²) in [5, 5.41) is 2.97. The van der Waals surface area contributed by atoms with Crippen molar-refractivity contribution in [2.75, 3.05) is 27.2 Å². The quantitative estimate of drug-likeness (QED) is 0.758. The Labute approximate surface area is 101 Å². The number of amides is 2. The summed E-state index contributed by atoms with van der Waals surface area (Å²) in [6.45, 7) is 1.37. The molecule has 5 nitrogen and oxygen atoms in total. The first kappa shape index (κ1) is 13.2. The standard InChI is InChI=1S/C12H17N3O2/c1-14-7-8-15(2)12(17)10-5-3-9(4-6-10)11(13)16/h3-6,14H,7-8H2,1-2H3,(H2,13,16). The van der Waals surface area contributed by atoms with E-state index in [0.29, 0.717) is 17.7 Å². The molecule has 92 valence electrons. The molecule has 17 heavy (non-hydrogen) atoms. The van der Waals surface area contributed by atoms with Gasteiger partial charge in [0, 0.05) is 31.3 Å². The number of benzene rings is 1. The Kier molecular flexibility index (Phi) is 4.66. The molecule has 0 saturated carbocycles. The van der Waals surface area contributed by atoms with Crippen LogP contribution in [0.15, 0.2) is 24.3 Å². The number of likely N-dealkylation sites (N-methyl/N-ethyl adjacent to an activating group) is 2. The molecular formula is C12H17N3O2. The molecule has 3 N–H and O–H groups in total. The highest BCUT2D eigenvalue weighted by atomic mass is 16.2. The zero-order valence-corrected chi connectivity index (χ0v) is 10.1. The molecule has 1 aromatic rings. The molecule has 0 heterocycles. The third-order valence-electron chi connectivity index (χ3n) is 2.46. The number of primary amides is 1. The maximum atomic E-state index is 11.9. The lowest BCUT2D eigenvalue weighted by atomic mass is 10.1. The summed E-state index contributed by atoms with van der Waals surface area (Å²) >= 11 is 0. The Morgan fingerprint density at radius 3 is 2.24 bits per heavy atom. The van der Waals surface area contributed by atoms with Gasteiger partial charge in [-0.25, -0.2) is 0 Å². The van der Waals surface area contributed by atoms with Gasteiger partial charge in [-0.15, -0.1) is 0 Å². The largest absolute Gasteiger partial charge is 0.366 e. The van der Waals surface area contributed by atoms with E-state index in [1.807, 2.05) is 7.05 Å². The normalized spacial score (nSPS) is 10.0. The molecule has 0 spiro atoms. The fourth-order valence-electron chi connectivity index (χ4n) is 1.38. The van der Waals surface area contributed by atoms with E-state index in [-0.39, 0.29) is 5.91 Å². The van der Waals surface area contributed by atoms with Crippen LogP contribution in [0.25, 0.3) is 0 Å². The van der Waals surface area contributed by atoms with E-state index in [9.17, 15) is 9.59 Å². The summed E-state index contributed by atoms with van der Waals surface area (Å²) in [5.41, 5.74) is 6.07. The molecule has 0 radical (unpaired) electrons. The lowest BCUT2D eigenvalue weighted by Gasteiger charge is -2.16. The van der Waals surface area contributed by atoms with Gasteiger partial charge in [0.1, 0.15) is 0 Å². The number of nitrogens with two attached hydrogens (primary N) is 1. The van der Waals surface area contributed by atoms with Crippen molar-refractivity contribution in [3.8, 4) is 0 Å². The van der Waals surface area contributed by atoms with Gasteiger partial charge >= 0.3 is 0 Å². The molecule has 5 heteroatoms. The number of carbonyl (C=O) groups excluding carboxylic acids is 2. The van der Waals surface area contributed by atoms with Crippen LogP contribution < -0.4 is 11.1 Å². The van der Waals surface area contributed by atoms with Gasteiger partial charge in [0.15, 0.2) is 0 Å². The van der Waals surface area contributed by atoms with Gasteiger partial charge in [-0.1, -0.05) is 0 Å². The molecule has 0 aliphatic heterocycles. The van der Waals surface area contributed by atoms with Crippen molar-refractivity contribution in [1.82, 2.24) is 10.2 Å². The van der Waals surface area contributed by atoms with Gasteiger partial charge in [0.25, 0.3) is 5.91 Å². The lowest BCUT2D eigenvalue weighted by molar-refractivity contribution is 0.0796. The van der Waals surface area contributed by atoms with E-state index in [0.717, 1.165) is 6.54 Å². The molecule has 0 aliphatic rings. The maximum absolute atomic E-state index is 11.9. The molecule has 0 aliphatic carbocycles. The Hall–Kier alpha value is -1.88. The van der Waals surface area contributed by atoms with E-state index in [4.69, 9.17) is 5.73 Å². The summed E-state index contributed by atoms with van der Waals surface area (Å²) in [4.78, 5) is 24.4. The van der Waals surface area contributed by atoms with Gasteiger partial charge in [-0.05, 0) is 31.3 Å². The SMILES string of the molecule is CNCCN(C)C(=O)c1ccc(C(N)=O)cc1. The van der Waals surface area contributed by atoms with Crippen molar-refractivity contribution in [1.29, 1.82) is 0 Å². The summed E-state index contributed by atoms with van der Waals surface area (Å²) in [6, 6.07) is 6.33. The van der Waals surface area contributed by atoms with Gasteiger partial charge in [-0.2, -0.15) is 0 Å². The Balaban J connectivity index is 2.72. The Bertz CT molecular complexity index is 401. The van der Waals surface area contributed by atoms with Gasteiger partial charge < -0.3 is 16.0 Å². The van der Waals surface area contributed by atoms with Crippen molar-refractivity contribution in [3.05, 3.63) is 35.4 Å². The van der Waals surface area contributed by atoms with Crippen LogP contribution in [0.3, 0.4) is 0 Å². The monoisotopic (exact) mass is 235 g/mol. The first-order chi connectivity index (χ1) is 8.06. The Morgan fingerprint density at radius 2 is 1.76 bits per heavy atom. The van der Waals surface area contributed by atoms with Crippen LogP contribution in [-0.4, -0.2) is 43.9 Å². The molecule has 0 fully saturated rings. The third-order valence-corrected chi connectivity index (χ3v) is 2.46. The van der Waals surface area contributed by atoms with Crippen molar-refractivity contribution in [2.45, 2.75) is 0 Å². The van der Waals surface area contributed by atoms with E-state index >= 15 is 0 Å². The fourth-order valence-corrected chi connectivity index (χ4v) is 1.38. The van der Waals surface area contributed by atoms with Crippen LogP contribution in [0, 0.1) is 0 Å². The molecule has 0 saturated heterocycles. The van der Waals surface area contributed by atoms with Crippen LogP contribution in [0.4, 0.5) is 0 Å². The predicted octanol–water partition coefficient (Wildman–Crippen LogP) is 0.0769. The van der Waals surface area contributed by atoms with Gasteiger partial charge in [0.05, 0.1) is 0 Å². The van der Waals surface area contributed by atoms with Crippen molar-refractivity contribution >= 4 is 11.8 Å². The van der Waals surface area contributed by atoms with Gasteiger partial charge in [-0.3, -0.25) is 9.59 Å². The molecule has 0 atom stereocenters. The molecule has 1 rings (SSSR count). The van der Waals surface area contributed by atoms with E-state index in [1.54, 1.807) is 36.2 Å². The number of hydrogen-bond acceptors (Lipinski definition) is 3. The number of carbonyl (C=O) groups is 2. The summed E-state index contributed by atoms with van der Waals surface area (Å²) in [7, 11) is 3.57. The van der Waals surface area contributed by atoms with Crippen LogP contribution >= 0.6 is 0 Å². The molecule has 1 aromatic carbocycles. The molecule has 0 unspecified atom stereocenters. The lowest BCUT2D eigenvalue weighted by Crippen LogP contribution is -2.32. The molecular weight excluding hydrogens is 218 g/mol. The molecule has 0 bridgehead atoms. The third kappa shape index (κ3) is 3.57. The van der Waals surface area contributed by atoms with Crippen LogP contribution in [0.2, 0.25) is 0 Å². The predicted molar refractivity (Wildman–Crippen MR) is 65.8 cm³/mol. The summed E-state index contributed by atoms with van der Waals surface area (Å²) < 4.78 is 0. The number of nitrogens with zero attached hydrogens (tertiary/aromatic N) is 1. The van der Waals surface area contributed by atoms with E-state index in [1.165, 1.54) is 0 Å². The second-order valence-electron chi connectivity index (χ2n) is 3.77. The highest BCUT2D eigenvalue weighted by molar-refractivity contribution is 5.97. The second-order valence-corrected chi connectivity index (χ2v) is 3.77. The summed E-state index contributed by atoms with van der Waals surface area (Å²) in [6.07, 6.45) is 0. The fraction of sp³-hybridized carbons (Fsp3) is 0.333. The summed E-state index contributed by atoms with van der Waals surface area (Å²) in [5.74, 6) is -0.566. The molecule has 0 aromatic heterocycles. The van der Waals surface area contributed by atoms with Gasteiger partial charge in [0.2, 0.25) is 5.91 Å². The highest BCUT2D eigenvalue weighted by Gasteiger charge is 2.11. The second kappa shape index (κ2) is 6.00. The minimum absolute atomic E-state index is 0.0729. The zero-order valence-electron chi connectivity index (χ0n) is 10.1. The first-order valence-corrected chi connectivity index (χ1v) is 5.36. The average Bonchev–Trinajstić information content (AvgIpc) is 2.35. The Morgan fingerprint density at radius 1 is 1.24 bits per heavy atom. The number of rotatable bonds is 5. The van der Waals surface area contributed by atoms with Crippen LogP contribution in [0.5, 0.6) is 0 Å². The van der Waals surface area contributed by atoms with Crippen molar-refractivity contribution in [3.63, 3.8) is 0 Å². The maximum Gasteiger partial charge on any atom is 0.253 e. The van der Waals surface area contributed by atoms with E-state index in [2.05, 4.69) is 5.32 Å². The van der Waals surface area contributed by atoms with Crippen LogP contribution in [0.1, 0.15) is 20.7 Å². The highest BCUT2D eigenvalue weighted by Crippen LogP contribution is 2.06. The average molecular weight is 235 g/mol. The smallest absolute Gasteiger partial charge is 0.253 e. The van der Waals surface area contributed by atoms with Crippen molar-refractivity contribution < 1.29 is 9.59 Å². The molecule has 2 amide bonds. The van der Waals surface area contributed by atoms with E-state index < -0.39 is 5.91 Å². The van der Waals surface area contributed by atoms with Crippen molar-refractivity contribution in [2.24, 2.45) is 5.73 Å². The zero-order chi connectivity index (χ0) is 12.8. The minimum atomic E-state index is -0.493. The number of hydrogen-bond donors (Lipinski definition) is 2. The topological polar surface area (TPSA) is 75.4 Å². The first-order valence-electron chi connectivity index (χ1n) is 5.36. The van der Waals surface area contributed by atoms with Crippen LogP contribution in [-0.2, 0) is 0 Å². The number of nitrogens with one attached hydrogen (secondary N) is 1. The minimum Gasteiger partial charge on any atom is -0.366 e.